The topological polar surface area (TPSA) is 34.2 Å². The quantitative estimate of drug-likeness (QED) is 0.866. The van der Waals surface area contributed by atoms with E-state index in [4.69, 9.17) is 4.74 Å². The molecule has 0 bridgehead atoms. The first-order chi connectivity index (χ1) is 11.3. The number of aromatic nitrogens is 1. The van der Waals surface area contributed by atoms with Crippen LogP contribution < -0.4 is 10.1 Å². The molecule has 1 aliphatic rings. The number of halogens is 2. The lowest BCUT2D eigenvalue weighted by molar-refractivity contribution is 0.192. The standard InChI is InChI=1S/C18H20F2N2O/c19-12-23-18-8-15(20)5-6-17(18)14-7-13(9-21-11-14)10-22-16-3-1-2-4-16/h5-9,11,16,22H,1-4,10,12H2/i19-1. The largest absolute Gasteiger partial charge is 0.462 e. The summed E-state index contributed by atoms with van der Waals surface area (Å²) in [7, 11) is 0. The Bertz CT molecular complexity index is 657. The molecule has 0 aliphatic heterocycles. The van der Waals surface area contributed by atoms with Crippen molar-refractivity contribution in [2.75, 3.05) is 6.86 Å². The maximum atomic E-state index is 13.3. The van der Waals surface area contributed by atoms with Crippen molar-refractivity contribution in [2.45, 2.75) is 38.3 Å². The lowest BCUT2D eigenvalue weighted by Crippen LogP contribution is -2.25. The number of rotatable bonds is 6. The summed E-state index contributed by atoms with van der Waals surface area (Å²) in [6.45, 7) is -0.251. The van der Waals surface area contributed by atoms with Gasteiger partial charge in [-0.1, -0.05) is 12.8 Å². The third-order valence-corrected chi connectivity index (χ3v) is 4.21. The Kier molecular flexibility index (Phi) is 5.18. The normalized spacial score (nSPS) is 15.0. The SMILES string of the molecule is Fc1ccc(-c2cncc(CNC3CCCC3)c2)c(OC[18F])c1. The molecule has 1 aromatic carbocycles. The average molecular weight is 317 g/mol. The summed E-state index contributed by atoms with van der Waals surface area (Å²) in [5.74, 6) is -0.264. The second-order valence-corrected chi connectivity index (χ2v) is 5.84. The van der Waals surface area contributed by atoms with E-state index in [0.717, 1.165) is 17.7 Å². The highest BCUT2D eigenvalue weighted by Crippen LogP contribution is 2.31. The van der Waals surface area contributed by atoms with Crippen molar-refractivity contribution >= 4 is 0 Å². The predicted molar refractivity (Wildman–Crippen MR) is 85.3 cm³/mol. The minimum atomic E-state index is -0.993. The summed E-state index contributed by atoms with van der Waals surface area (Å²) in [5, 5.41) is 3.53. The lowest BCUT2D eigenvalue weighted by atomic mass is 10.0. The van der Waals surface area contributed by atoms with Crippen molar-refractivity contribution in [2.24, 2.45) is 0 Å². The Morgan fingerprint density at radius 3 is 2.78 bits per heavy atom. The molecule has 0 atom stereocenters. The molecule has 1 aliphatic carbocycles. The molecule has 122 valence electrons. The van der Waals surface area contributed by atoms with E-state index in [1.54, 1.807) is 12.3 Å². The van der Waals surface area contributed by atoms with Gasteiger partial charge in [0.2, 0.25) is 6.86 Å². The van der Waals surface area contributed by atoms with Crippen molar-refractivity contribution in [3.05, 3.63) is 48.0 Å². The van der Waals surface area contributed by atoms with Gasteiger partial charge in [-0.3, -0.25) is 4.98 Å². The van der Waals surface area contributed by atoms with Crippen LogP contribution in [0.2, 0.25) is 0 Å². The number of alkyl halides is 1. The molecule has 2 aromatic rings. The molecule has 1 N–H and O–H groups in total. The minimum Gasteiger partial charge on any atom is -0.462 e. The number of hydrogen-bond acceptors (Lipinski definition) is 3. The molecule has 3 nitrogen and oxygen atoms in total. The number of hydrogen-bond donors (Lipinski definition) is 1. The fourth-order valence-corrected chi connectivity index (χ4v) is 3.04. The van der Waals surface area contributed by atoms with Crippen LogP contribution in [0.5, 0.6) is 5.75 Å². The number of nitrogens with zero attached hydrogens (tertiary/aromatic N) is 1. The molecular weight excluding hydrogens is 297 g/mol. The summed E-state index contributed by atoms with van der Waals surface area (Å²) >= 11 is 0. The van der Waals surface area contributed by atoms with Gasteiger partial charge in [0.05, 0.1) is 0 Å². The number of benzene rings is 1. The molecule has 0 unspecified atom stereocenters. The third-order valence-electron chi connectivity index (χ3n) is 4.21. The Hall–Kier alpha value is -2.01. The molecule has 1 fully saturated rings. The number of nitrogens with one attached hydrogen (secondary N) is 1. The maximum absolute atomic E-state index is 13.3. The van der Waals surface area contributed by atoms with Gasteiger partial charge < -0.3 is 10.1 Å². The Morgan fingerprint density at radius 1 is 1.17 bits per heavy atom. The van der Waals surface area contributed by atoms with Crippen LogP contribution in [0.15, 0.2) is 36.7 Å². The van der Waals surface area contributed by atoms with Crippen molar-refractivity contribution in [1.82, 2.24) is 10.3 Å². The Balaban J connectivity index is 1.78. The zero-order valence-electron chi connectivity index (χ0n) is 12.9. The first-order valence-electron chi connectivity index (χ1n) is 7.92. The van der Waals surface area contributed by atoms with Gasteiger partial charge >= 0.3 is 0 Å². The molecule has 1 saturated carbocycles. The van der Waals surface area contributed by atoms with E-state index < -0.39 is 12.7 Å². The van der Waals surface area contributed by atoms with Crippen LogP contribution in [0, 0.1) is 5.82 Å². The summed E-state index contributed by atoms with van der Waals surface area (Å²) in [6, 6.07) is 6.68. The van der Waals surface area contributed by atoms with Crippen LogP contribution in [0.1, 0.15) is 31.2 Å². The summed E-state index contributed by atoms with van der Waals surface area (Å²) in [4.78, 5) is 4.25. The number of ether oxygens (including phenoxy) is 1. The van der Waals surface area contributed by atoms with E-state index >= 15 is 0 Å². The Labute approximate surface area is 134 Å². The zero-order chi connectivity index (χ0) is 16.1. The lowest BCUT2D eigenvalue weighted by Gasteiger charge is -2.13. The predicted octanol–water partition coefficient (Wildman–Crippen LogP) is 4.23. The van der Waals surface area contributed by atoms with Crippen molar-refractivity contribution in [3.8, 4) is 16.9 Å². The minimum absolute atomic E-state index is 0.190. The van der Waals surface area contributed by atoms with E-state index in [2.05, 4.69) is 10.3 Å². The van der Waals surface area contributed by atoms with Gasteiger partial charge in [0.15, 0.2) is 0 Å². The molecule has 3 rings (SSSR count). The zero-order valence-corrected chi connectivity index (χ0v) is 12.9. The molecular formula is C18H20F2N2O. The third kappa shape index (κ3) is 4.05. The van der Waals surface area contributed by atoms with Gasteiger partial charge in [-0.2, -0.15) is 0 Å². The fraction of sp³-hybridized carbons (Fsp3) is 0.389. The Morgan fingerprint density at radius 2 is 2.00 bits per heavy atom. The molecule has 1 heterocycles. The molecule has 23 heavy (non-hydrogen) atoms. The first kappa shape index (κ1) is 15.9. The van der Waals surface area contributed by atoms with Crippen LogP contribution in [-0.4, -0.2) is 17.9 Å². The number of pyridine rings is 1. The second-order valence-electron chi connectivity index (χ2n) is 5.84. The first-order valence-corrected chi connectivity index (χ1v) is 7.92. The molecule has 5 heteroatoms. The van der Waals surface area contributed by atoms with Crippen LogP contribution >= 0.6 is 0 Å². The van der Waals surface area contributed by atoms with Crippen LogP contribution in [0.4, 0.5) is 8.78 Å². The fourth-order valence-electron chi connectivity index (χ4n) is 3.04. The summed E-state index contributed by atoms with van der Waals surface area (Å²) in [6.07, 6.45) is 8.51. The highest BCUT2D eigenvalue weighted by Gasteiger charge is 2.14. The highest BCUT2D eigenvalue weighted by atomic mass is 19.1. The van der Waals surface area contributed by atoms with Gasteiger partial charge in [0.25, 0.3) is 0 Å². The maximum Gasteiger partial charge on any atom is 0.228 e. The monoisotopic (exact) mass is 317 g/mol. The van der Waals surface area contributed by atoms with E-state index in [1.807, 2.05) is 12.3 Å². The van der Waals surface area contributed by atoms with Crippen LogP contribution in [0.25, 0.3) is 11.1 Å². The molecule has 1 aromatic heterocycles. The van der Waals surface area contributed by atoms with E-state index in [1.165, 1.54) is 37.8 Å². The van der Waals surface area contributed by atoms with Crippen molar-refractivity contribution in [3.63, 3.8) is 0 Å². The van der Waals surface area contributed by atoms with Gasteiger partial charge in [-0.05, 0) is 36.6 Å². The van der Waals surface area contributed by atoms with Gasteiger partial charge in [0.1, 0.15) is 11.6 Å². The van der Waals surface area contributed by atoms with Crippen LogP contribution in [-0.2, 0) is 6.54 Å². The van der Waals surface area contributed by atoms with Crippen molar-refractivity contribution < 1.29 is 13.5 Å². The van der Waals surface area contributed by atoms with E-state index in [0.29, 0.717) is 11.6 Å². The average Bonchev–Trinajstić information content (AvgIpc) is 3.07. The molecule has 0 saturated heterocycles. The summed E-state index contributed by atoms with van der Waals surface area (Å²) < 4.78 is 30.7. The van der Waals surface area contributed by atoms with E-state index in [9.17, 15) is 8.78 Å². The highest BCUT2D eigenvalue weighted by molar-refractivity contribution is 5.70. The summed E-state index contributed by atoms with van der Waals surface area (Å²) in [5.41, 5.74) is 2.48. The van der Waals surface area contributed by atoms with Gasteiger partial charge in [0, 0.05) is 42.2 Å². The second kappa shape index (κ2) is 7.51. The molecule has 0 radical (unpaired) electrons. The van der Waals surface area contributed by atoms with E-state index in [-0.39, 0.29) is 5.75 Å². The smallest absolute Gasteiger partial charge is 0.228 e. The van der Waals surface area contributed by atoms with Crippen LogP contribution in [0.3, 0.4) is 0 Å². The molecule has 0 amide bonds. The van der Waals surface area contributed by atoms with Crippen molar-refractivity contribution in [1.29, 1.82) is 0 Å². The molecule has 0 spiro atoms. The van der Waals surface area contributed by atoms with Gasteiger partial charge in [-0.25, -0.2) is 8.78 Å². The van der Waals surface area contributed by atoms with Gasteiger partial charge in [-0.15, -0.1) is 0 Å².